The van der Waals surface area contributed by atoms with Gasteiger partial charge in [0.25, 0.3) is 0 Å². The molecular weight excluding hydrogens is 242 g/mol. The fourth-order valence-electron chi connectivity index (χ4n) is 1.69. The summed E-state index contributed by atoms with van der Waals surface area (Å²) in [5.41, 5.74) is 5.50. The summed E-state index contributed by atoms with van der Waals surface area (Å²) in [7, 11) is 0. The van der Waals surface area contributed by atoms with E-state index in [0.717, 1.165) is 11.3 Å². The van der Waals surface area contributed by atoms with E-state index in [9.17, 15) is 4.79 Å². The summed E-state index contributed by atoms with van der Waals surface area (Å²) < 4.78 is 5.71. The lowest BCUT2D eigenvalue weighted by Crippen LogP contribution is -2.45. The quantitative estimate of drug-likeness (QED) is 0.858. The molecule has 0 aliphatic carbocycles. The maximum Gasteiger partial charge on any atom is 0.323 e. The second-order valence-electron chi connectivity index (χ2n) is 6.07. The molecule has 0 fully saturated rings. The Labute approximate surface area is 114 Å². The van der Waals surface area contributed by atoms with E-state index < -0.39 is 11.5 Å². The summed E-state index contributed by atoms with van der Waals surface area (Å²) in [6.45, 7) is 8.11. The number of para-hydroxylation sites is 1. The Balaban J connectivity index is 2.72. The van der Waals surface area contributed by atoms with Crippen LogP contribution in [0, 0.1) is 0 Å². The van der Waals surface area contributed by atoms with Crippen molar-refractivity contribution in [1.29, 1.82) is 0 Å². The lowest BCUT2D eigenvalue weighted by Gasteiger charge is -2.24. The highest BCUT2D eigenvalue weighted by atomic mass is 16.5. The van der Waals surface area contributed by atoms with Gasteiger partial charge in [-0.1, -0.05) is 39.0 Å². The number of benzene rings is 1. The van der Waals surface area contributed by atoms with Crippen LogP contribution in [0.5, 0.6) is 5.75 Å². The Morgan fingerprint density at radius 3 is 2.37 bits per heavy atom. The first-order valence-electron chi connectivity index (χ1n) is 6.39. The SMILES string of the molecule is CC(N)(CCOc1ccccc1C(C)(C)C)C(=O)O. The van der Waals surface area contributed by atoms with Gasteiger partial charge in [-0.15, -0.1) is 0 Å². The van der Waals surface area contributed by atoms with Gasteiger partial charge >= 0.3 is 5.97 Å². The molecule has 3 N–H and O–H groups in total. The van der Waals surface area contributed by atoms with Crippen LogP contribution in [0.1, 0.15) is 39.7 Å². The molecule has 1 rings (SSSR count). The van der Waals surface area contributed by atoms with Crippen LogP contribution >= 0.6 is 0 Å². The van der Waals surface area contributed by atoms with Crippen molar-refractivity contribution in [3.63, 3.8) is 0 Å². The molecule has 1 aromatic carbocycles. The minimum Gasteiger partial charge on any atom is -0.493 e. The third-order valence-electron chi connectivity index (χ3n) is 3.06. The number of aliphatic carboxylic acids is 1. The van der Waals surface area contributed by atoms with E-state index >= 15 is 0 Å². The molecule has 0 radical (unpaired) electrons. The first-order chi connectivity index (χ1) is 8.64. The maximum absolute atomic E-state index is 10.9. The smallest absolute Gasteiger partial charge is 0.323 e. The van der Waals surface area contributed by atoms with E-state index in [-0.39, 0.29) is 18.4 Å². The molecule has 0 spiro atoms. The van der Waals surface area contributed by atoms with Gasteiger partial charge in [-0.3, -0.25) is 4.79 Å². The molecule has 4 heteroatoms. The van der Waals surface area contributed by atoms with Gasteiger partial charge in [0.15, 0.2) is 0 Å². The van der Waals surface area contributed by atoms with Crippen molar-refractivity contribution < 1.29 is 14.6 Å². The van der Waals surface area contributed by atoms with Gasteiger partial charge in [0, 0.05) is 6.42 Å². The third kappa shape index (κ3) is 4.24. The highest BCUT2D eigenvalue weighted by Crippen LogP contribution is 2.31. The zero-order valence-corrected chi connectivity index (χ0v) is 12.1. The molecule has 0 bridgehead atoms. The molecule has 19 heavy (non-hydrogen) atoms. The summed E-state index contributed by atoms with van der Waals surface area (Å²) in [5, 5.41) is 8.94. The van der Waals surface area contributed by atoms with E-state index in [1.54, 1.807) is 0 Å². The van der Waals surface area contributed by atoms with E-state index in [1.807, 2.05) is 24.3 Å². The van der Waals surface area contributed by atoms with Crippen molar-refractivity contribution >= 4 is 5.97 Å². The Hall–Kier alpha value is -1.55. The molecule has 0 aliphatic heterocycles. The number of carboxylic acids is 1. The van der Waals surface area contributed by atoms with Crippen molar-refractivity contribution in [1.82, 2.24) is 0 Å². The molecule has 1 aromatic rings. The predicted molar refractivity (Wildman–Crippen MR) is 75.5 cm³/mol. The average molecular weight is 265 g/mol. The van der Waals surface area contributed by atoms with Crippen LogP contribution in [0.15, 0.2) is 24.3 Å². The molecule has 0 aliphatic rings. The Morgan fingerprint density at radius 1 is 1.26 bits per heavy atom. The first kappa shape index (κ1) is 15.5. The summed E-state index contributed by atoms with van der Waals surface area (Å²) in [6, 6.07) is 7.80. The van der Waals surface area contributed by atoms with Crippen molar-refractivity contribution in [3.8, 4) is 5.75 Å². The first-order valence-corrected chi connectivity index (χ1v) is 6.39. The van der Waals surface area contributed by atoms with Gasteiger partial charge in [-0.2, -0.15) is 0 Å². The van der Waals surface area contributed by atoms with Crippen molar-refractivity contribution in [3.05, 3.63) is 29.8 Å². The maximum atomic E-state index is 10.9. The number of ether oxygens (including phenoxy) is 1. The van der Waals surface area contributed by atoms with Gasteiger partial charge in [0.05, 0.1) is 6.61 Å². The summed E-state index contributed by atoms with van der Waals surface area (Å²) in [6.07, 6.45) is 0.265. The lowest BCUT2D eigenvalue weighted by molar-refractivity contribution is -0.143. The normalized spacial score (nSPS) is 14.8. The molecule has 4 nitrogen and oxygen atoms in total. The van der Waals surface area contributed by atoms with Gasteiger partial charge in [-0.05, 0) is 24.0 Å². The fourth-order valence-corrected chi connectivity index (χ4v) is 1.69. The number of carbonyl (C=O) groups is 1. The standard InChI is InChI=1S/C15H23NO3/c1-14(2,3)11-7-5-6-8-12(11)19-10-9-15(4,16)13(17)18/h5-8H,9-10,16H2,1-4H3,(H,17,18). The molecular formula is C15H23NO3. The number of carboxylic acid groups (broad SMARTS) is 1. The summed E-state index contributed by atoms with van der Waals surface area (Å²) >= 11 is 0. The Kier molecular flexibility index (Phi) is 4.58. The van der Waals surface area contributed by atoms with Gasteiger partial charge in [-0.25, -0.2) is 0 Å². The van der Waals surface area contributed by atoms with E-state index in [0.29, 0.717) is 0 Å². The van der Waals surface area contributed by atoms with Crippen molar-refractivity contribution in [2.24, 2.45) is 5.73 Å². The van der Waals surface area contributed by atoms with Crippen LogP contribution < -0.4 is 10.5 Å². The average Bonchev–Trinajstić information content (AvgIpc) is 2.27. The van der Waals surface area contributed by atoms with E-state index in [4.69, 9.17) is 15.6 Å². The molecule has 0 aromatic heterocycles. The molecule has 1 atom stereocenters. The lowest BCUT2D eigenvalue weighted by atomic mass is 9.86. The van der Waals surface area contributed by atoms with Crippen LogP contribution in [0.4, 0.5) is 0 Å². The molecule has 0 saturated carbocycles. The number of nitrogens with two attached hydrogens (primary N) is 1. The topological polar surface area (TPSA) is 72.5 Å². The number of hydrogen-bond acceptors (Lipinski definition) is 3. The Morgan fingerprint density at radius 2 is 1.84 bits per heavy atom. The van der Waals surface area contributed by atoms with Gasteiger partial charge in [0.2, 0.25) is 0 Å². The largest absolute Gasteiger partial charge is 0.493 e. The minimum atomic E-state index is -1.25. The second-order valence-corrected chi connectivity index (χ2v) is 6.07. The van der Waals surface area contributed by atoms with Gasteiger partial charge in [0.1, 0.15) is 11.3 Å². The van der Waals surface area contributed by atoms with Crippen molar-refractivity contribution in [2.75, 3.05) is 6.61 Å². The molecule has 0 heterocycles. The zero-order valence-electron chi connectivity index (χ0n) is 12.1. The van der Waals surface area contributed by atoms with E-state index in [2.05, 4.69) is 20.8 Å². The fraction of sp³-hybridized carbons (Fsp3) is 0.533. The minimum absolute atomic E-state index is 0.0184. The number of rotatable bonds is 5. The molecule has 1 unspecified atom stereocenters. The molecule has 0 saturated heterocycles. The van der Waals surface area contributed by atoms with Crippen LogP contribution in [0.2, 0.25) is 0 Å². The van der Waals surface area contributed by atoms with Crippen LogP contribution in [0.3, 0.4) is 0 Å². The van der Waals surface area contributed by atoms with E-state index in [1.165, 1.54) is 6.92 Å². The highest BCUT2D eigenvalue weighted by molar-refractivity contribution is 5.77. The van der Waals surface area contributed by atoms with Crippen LogP contribution in [-0.2, 0) is 10.2 Å². The predicted octanol–water partition coefficient (Wildman–Crippen LogP) is 2.56. The molecule has 0 amide bonds. The second kappa shape index (κ2) is 5.61. The van der Waals surface area contributed by atoms with Crippen LogP contribution in [-0.4, -0.2) is 23.2 Å². The monoisotopic (exact) mass is 265 g/mol. The summed E-state index contributed by atoms with van der Waals surface area (Å²) in [4.78, 5) is 10.9. The zero-order chi connectivity index (χ0) is 14.7. The third-order valence-corrected chi connectivity index (χ3v) is 3.06. The summed E-state index contributed by atoms with van der Waals surface area (Å²) in [5.74, 6) is -0.226. The number of hydrogen-bond donors (Lipinski definition) is 2. The van der Waals surface area contributed by atoms with Crippen LogP contribution in [0.25, 0.3) is 0 Å². The highest BCUT2D eigenvalue weighted by Gasteiger charge is 2.28. The van der Waals surface area contributed by atoms with Crippen molar-refractivity contribution in [2.45, 2.75) is 45.1 Å². The Bertz CT molecular complexity index is 447. The molecule has 106 valence electrons. The van der Waals surface area contributed by atoms with Gasteiger partial charge < -0.3 is 15.6 Å².